The van der Waals surface area contributed by atoms with E-state index < -0.39 is 0 Å². The van der Waals surface area contributed by atoms with E-state index in [-0.39, 0.29) is 29.4 Å². The predicted octanol–water partition coefficient (Wildman–Crippen LogP) is 3.24. The van der Waals surface area contributed by atoms with Crippen LogP contribution in [0.2, 0.25) is 0 Å². The van der Waals surface area contributed by atoms with Crippen molar-refractivity contribution in [2.75, 3.05) is 13.1 Å². The normalized spacial score (nSPS) is 17.9. The van der Waals surface area contributed by atoms with E-state index in [1.807, 2.05) is 6.07 Å². The lowest BCUT2D eigenvalue weighted by atomic mass is 10.0. The van der Waals surface area contributed by atoms with Crippen molar-refractivity contribution >= 4 is 16.9 Å². The van der Waals surface area contributed by atoms with E-state index in [1.54, 1.807) is 12.1 Å². The van der Waals surface area contributed by atoms with Crippen LogP contribution in [0.1, 0.15) is 29.0 Å². The Kier molecular flexibility index (Phi) is 4.85. The lowest BCUT2D eigenvalue weighted by molar-refractivity contribution is 0.0891. The molecule has 0 unspecified atom stereocenters. The first kappa shape index (κ1) is 17.6. The molecule has 1 saturated heterocycles. The molecule has 1 amide bonds. The highest BCUT2D eigenvalue weighted by atomic mass is 19.1. The lowest BCUT2D eigenvalue weighted by Gasteiger charge is -2.33. The third-order valence-electron chi connectivity index (χ3n) is 4.85. The van der Waals surface area contributed by atoms with E-state index >= 15 is 0 Å². The number of carbonyl (C=O) groups is 1. The fraction of sp³-hybridized carbons (Fsp3) is 0.300. The molecule has 0 saturated carbocycles. The van der Waals surface area contributed by atoms with Crippen LogP contribution in [0.25, 0.3) is 11.0 Å². The number of likely N-dealkylation sites (tertiary alicyclic amines) is 1. The summed E-state index contributed by atoms with van der Waals surface area (Å²) in [6.45, 7) is 2.03. The van der Waals surface area contributed by atoms with Gasteiger partial charge in [0.05, 0.1) is 11.0 Å². The maximum atomic E-state index is 13.9. The Hall–Kier alpha value is -2.80. The van der Waals surface area contributed by atoms with Crippen molar-refractivity contribution in [3.8, 4) is 0 Å². The molecular weight excluding hydrogens is 350 g/mol. The Morgan fingerprint density at radius 3 is 2.96 bits per heavy atom. The van der Waals surface area contributed by atoms with Crippen molar-refractivity contribution in [1.82, 2.24) is 20.2 Å². The van der Waals surface area contributed by atoms with Crippen molar-refractivity contribution < 1.29 is 13.6 Å². The van der Waals surface area contributed by atoms with Gasteiger partial charge in [0.2, 0.25) is 0 Å². The molecule has 0 bridgehead atoms. The average molecular weight is 370 g/mol. The summed E-state index contributed by atoms with van der Waals surface area (Å²) in [6, 6.07) is 10.9. The molecule has 1 aliphatic rings. The molecular formula is C20H20F2N4O. The highest BCUT2D eigenvalue weighted by Gasteiger charge is 2.23. The number of fused-ring (bicyclic) bond motifs is 1. The van der Waals surface area contributed by atoms with Crippen LogP contribution < -0.4 is 5.32 Å². The minimum atomic E-state index is -0.380. The molecule has 0 radical (unpaired) electrons. The van der Waals surface area contributed by atoms with Crippen LogP contribution in [0.15, 0.2) is 42.5 Å². The summed E-state index contributed by atoms with van der Waals surface area (Å²) >= 11 is 0. The zero-order valence-electron chi connectivity index (χ0n) is 14.7. The number of aromatic nitrogens is 2. The molecule has 7 heteroatoms. The quantitative estimate of drug-likeness (QED) is 0.741. The molecule has 3 aromatic rings. The molecule has 2 N–H and O–H groups in total. The Morgan fingerprint density at radius 1 is 1.26 bits per heavy atom. The number of halogens is 2. The summed E-state index contributed by atoms with van der Waals surface area (Å²) in [5.41, 5.74) is 1.69. The second-order valence-electron chi connectivity index (χ2n) is 6.89. The van der Waals surface area contributed by atoms with E-state index in [0.717, 1.165) is 19.4 Å². The third-order valence-corrected chi connectivity index (χ3v) is 4.85. The van der Waals surface area contributed by atoms with Crippen molar-refractivity contribution in [2.24, 2.45) is 0 Å². The standard InChI is InChI=1S/C20H20F2N4O/c21-14-7-8-17-18(10-14)25-19(24-17)20(27)23-15-5-3-9-26(12-15)11-13-4-1-2-6-16(13)22/h1-2,4,6-8,10,15H,3,5,9,11-12H2,(H,23,27)(H,24,25)/t15-/m1/s1. The van der Waals surface area contributed by atoms with Crippen LogP contribution in [0.5, 0.6) is 0 Å². The van der Waals surface area contributed by atoms with Gasteiger partial charge in [-0.15, -0.1) is 0 Å². The van der Waals surface area contributed by atoms with Gasteiger partial charge >= 0.3 is 0 Å². The van der Waals surface area contributed by atoms with Crippen molar-refractivity contribution in [3.05, 3.63) is 65.5 Å². The van der Waals surface area contributed by atoms with Crippen LogP contribution in [0.4, 0.5) is 8.78 Å². The second kappa shape index (κ2) is 7.44. The molecule has 2 aromatic carbocycles. The smallest absolute Gasteiger partial charge is 0.287 e. The van der Waals surface area contributed by atoms with Gasteiger partial charge in [-0.1, -0.05) is 18.2 Å². The molecule has 0 spiro atoms. The maximum absolute atomic E-state index is 13.9. The van der Waals surface area contributed by atoms with Gasteiger partial charge in [-0.25, -0.2) is 13.8 Å². The molecule has 140 valence electrons. The SMILES string of the molecule is O=C(N[C@@H]1CCCN(Cc2ccccc2F)C1)c1nc2ccc(F)cc2[nH]1. The number of imidazole rings is 1. The van der Waals surface area contributed by atoms with Crippen LogP contribution in [-0.4, -0.2) is 39.9 Å². The summed E-state index contributed by atoms with van der Waals surface area (Å²) in [7, 11) is 0. The Morgan fingerprint density at radius 2 is 2.11 bits per heavy atom. The molecule has 0 aliphatic carbocycles. The molecule has 27 heavy (non-hydrogen) atoms. The van der Waals surface area contributed by atoms with Gasteiger partial charge in [-0.2, -0.15) is 0 Å². The van der Waals surface area contributed by atoms with E-state index in [4.69, 9.17) is 0 Å². The van der Waals surface area contributed by atoms with Gasteiger partial charge < -0.3 is 10.3 Å². The fourth-order valence-electron chi connectivity index (χ4n) is 3.53. The first-order chi connectivity index (χ1) is 13.1. The number of benzene rings is 2. The number of hydrogen-bond acceptors (Lipinski definition) is 3. The lowest BCUT2D eigenvalue weighted by Crippen LogP contribution is -2.47. The monoisotopic (exact) mass is 370 g/mol. The van der Waals surface area contributed by atoms with Gasteiger partial charge in [-0.05, 0) is 43.7 Å². The summed E-state index contributed by atoms with van der Waals surface area (Å²) in [4.78, 5) is 21.7. The summed E-state index contributed by atoms with van der Waals surface area (Å²) < 4.78 is 27.2. The number of carbonyl (C=O) groups excluding carboxylic acids is 1. The minimum absolute atomic E-state index is 0.0389. The zero-order valence-corrected chi connectivity index (χ0v) is 14.7. The molecule has 1 aliphatic heterocycles. The van der Waals surface area contributed by atoms with Crippen LogP contribution >= 0.6 is 0 Å². The van der Waals surface area contributed by atoms with Crippen LogP contribution in [0, 0.1) is 11.6 Å². The van der Waals surface area contributed by atoms with Crippen molar-refractivity contribution in [1.29, 1.82) is 0 Å². The van der Waals surface area contributed by atoms with E-state index in [0.29, 0.717) is 29.7 Å². The fourth-order valence-corrected chi connectivity index (χ4v) is 3.53. The predicted molar refractivity (Wildman–Crippen MR) is 98.2 cm³/mol. The Labute approximate surface area is 155 Å². The maximum Gasteiger partial charge on any atom is 0.287 e. The number of nitrogens with zero attached hydrogens (tertiary/aromatic N) is 2. The van der Waals surface area contributed by atoms with Crippen LogP contribution in [-0.2, 0) is 6.54 Å². The van der Waals surface area contributed by atoms with Crippen LogP contribution in [0.3, 0.4) is 0 Å². The van der Waals surface area contributed by atoms with E-state index in [9.17, 15) is 13.6 Å². The number of amides is 1. The first-order valence-electron chi connectivity index (χ1n) is 9.00. The number of nitrogens with one attached hydrogen (secondary N) is 2. The summed E-state index contributed by atoms with van der Waals surface area (Å²) in [5.74, 6) is -0.737. The number of aromatic amines is 1. The Balaban J connectivity index is 1.40. The number of piperidine rings is 1. The van der Waals surface area contributed by atoms with Gasteiger partial charge in [0.15, 0.2) is 5.82 Å². The van der Waals surface area contributed by atoms with Crippen molar-refractivity contribution in [3.63, 3.8) is 0 Å². The highest BCUT2D eigenvalue weighted by Crippen LogP contribution is 2.17. The van der Waals surface area contributed by atoms with Gasteiger partial charge in [0, 0.05) is 24.7 Å². The van der Waals surface area contributed by atoms with Gasteiger partial charge in [0.25, 0.3) is 5.91 Å². The van der Waals surface area contributed by atoms with E-state index in [1.165, 1.54) is 24.3 Å². The number of hydrogen-bond donors (Lipinski definition) is 2. The third kappa shape index (κ3) is 3.98. The number of H-pyrrole nitrogens is 1. The van der Waals surface area contributed by atoms with Gasteiger partial charge in [-0.3, -0.25) is 9.69 Å². The number of rotatable bonds is 4. The van der Waals surface area contributed by atoms with Gasteiger partial charge in [0.1, 0.15) is 11.6 Å². The topological polar surface area (TPSA) is 61.0 Å². The average Bonchev–Trinajstić information content (AvgIpc) is 3.07. The molecule has 1 atom stereocenters. The second-order valence-corrected chi connectivity index (χ2v) is 6.89. The molecule has 2 heterocycles. The summed E-state index contributed by atoms with van der Waals surface area (Å²) in [6.07, 6.45) is 1.78. The Bertz CT molecular complexity index is 972. The minimum Gasteiger partial charge on any atom is -0.345 e. The first-order valence-corrected chi connectivity index (χ1v) is 9.00. The van der Waals surface area contributed by atoms with Crippen molar-refractivity contribution in [2.45, 2.75) is 25.4 Å². The molecule has 1 aromatic heterocycles. The molecule has 5 nitrogen and oxygen atoms in total. The zero-order chi connectivity index (χ0) is 18.8. The largest absolute Gasteiger partial charge is 0.345 e. The van der Waals surface area contributed by atoms with E-state index in [2.05, 4.69) is 20.2 Å². The summed E-state index contributed by atoms with van der Waals surface area (Å²) in [5, 5.41) is 2.98. The highest BCUT2D eigenvalue weighted by molar-refractivity contribution is 5.94. The molecule has 4 rings (SSSR count). The molecule has 1 fully saturated rings.